The molecule has 0 radical (unpaired) electrons. The molecule has 4 N–H and O–H groups in total. The fourth-order valence-electron chi connectivity index (χ4n) is 1.05. The molecule has 0 saturated carbocycles. The van der Waals surface area contributed by atoms with E-state index in [0.29, 0.717) is 0 Å². The van der Waals surface area contributed by atoms with Gasteiger partial charge in [-0.25, -0.2) is 4.79 Å². The molecule has 8 heteroatoms. The summed E-state index contributed by atoms with van der Waals surface area (Å²) in [5.74, 6) is 0. The van der Waals surface area contributed by atoms with Crippen molar-refractivity contribution >= 4 is 29.0 Å². The number of rotatable bonds is 1. The Bertz CT molecular complexity index is 447. The summed E-state index contributed by atoms with van der Waals surface area (Å²) in [6, 6.07) is 3.40. The second-order valence-corrected chi connectivity index (χ2v) is 3.46. The number of hydrogen-bond donors (Lipinski definition) is 3. The maximum atomic E-state index is 12.3. The van der Waals surface area contributed by atoms with E-state index in [1.807, 2.05) is 5.32 Å². The minimum Gasteiger partial charge on any atom is -0.376 e. The van der Waals surface area contributed by atoms with Crippen LogP contribution in [0.5, 0.6) is 0 Å². The number of benzene rings is 1. The third kappa shape index (κ3) is 4.27. The molecular formula is C9H8F3N3OS. The number of carbonyl (C=O) groups is 1. The highest BCUT2D eigenvalue weighted by Crippen LogP contribution is 2.30. The first-order chi connectivity index (χ1) is 7.79. The van der Waals surface area contributed by atoms with Crippen LogP contribution < -0.4 is 16.4 Å². The van der Waals surface area contributed by atoms with Crippen LogP contribution >= 0.6 is 12.2 Å². The Morgan fingerprint density at radius 2 is 2.00 bits per heavy atom. The summed E-state index contributed by atoms with van der Waals surface area (Å²) in [6.45, 7) is 0. The van der Waals surface area contributed by atoms with Gasteiger partial charge in [0.25, 0.3) is 0 Å². The second-order valence-electron chi connectivity index (χ2n) is 3.02. The highest BCUT2D eigenvalue weighted by molar-refractivity contribution is 7.80. The fraction of sp³-hybridized carbons (Fsp3) is 0.111. The van der Waals surface area contributed by atoms with Crippen LogP contribution in [-0.4, -0.2) is 11.1 Å². The van der Waals surface area contributed by atoms with Crippen LogP contribution in [0.2, 0.25) is 0 Å². The standard InChI is InChI=1S/C9H8F3N3OS/c10-9(11,12)5-2-1-3-6(4-5)14-8(16)15-7(13)17/h1-4H,(H4,13,14,15,16,17). The van der Waals surface area contributed by atoms with Gasteiger partial charge < -0.3 is 11.1 Å². The molecule has 1 aromatic rings. The van der Waals surface area contributed by atoms with Gasteiger partial charge in [-0.2, -0.15) is 13.2 Å². The lowest BCUT2D eigenvalue weighted by Gasteiger charge is -2.10. The molecule has 92 valence electrons. The van der Waals surface area contributed by atoms with E-state index in [2.05, 4.69) is 17.5 Å². The molecule has 1 rings (SSSR count). The molecule has 0 saturated heterocycles. The van der Waals surface area contributed by atoms with E-state index in [-0.39, 0.29) is 10.8 Å². The summed E-state index contributed by atoms with van der Waals surface area (Å²) < 4.78 is 37.0. The maximum Gasteiger partial charge on any atom is 0.416 e. The van der Waals surface area contributed by atoms with Crippen LogP contribution in [0.3, 0.4) is 0 Å². The van der Waals surface area contributed by atoms with Crippen LogP contribution in [0, 0.1) is 0 Å². The first-order valence-electron chi connectivity index (χ1n) is 4.34. The number of nitrogens with one attached hydrogen (secondary N) is 2. The molecule has 0 aromatic heterocycles. The molecule has 0 atom stereocenters. The number of carbonyl (C=O) groups excluding carboxylic acids is 1. The van der Waals surface area contributed by atoms with Gasteiger partial charge in [0, 0.05) is 5.69 Å². The Balaban J connectivity index is 2.79. The molecule has 0 fully saturated rings. The number of nitrogens with two attached hydrogens (primary N) is 1. The van der Waals surface area contributed by atoms with Gasteiger partial charge >= 0.3 is 12.2 Å². The normalized spacial score (nSPS) is 10.8. The van der Waals surface area contributed by atoms with Gasteiger partial charge in [0.1, 0.15) is 0 Å². The minimum atomic E-state index is -4.46. The highest BCUT2D eigenvalue weighted by Gasteiger charge is 2.30. The van der Waals surface area contributed by atoms with Gasteiger partial charge in [-0.1, -0.05) is 6.07 Å². The number of alkyl halides is 3. The Morgan fingerprint density at radius 3 is 2.53 bits per heavy atom. The van der Waals surface area contributed by atoms with Crippen LogP contribution in [0.1, 0.15) is 5.56 Å². The van der Waals surface area contributed by atoms with E-state index in [1.54, 1.807) is 0 Å². The van der Waals surface area contributed by atoms with Crippen molar-refractivity contribution in [1.29, 1.82) is 0 Å². The van der Waals surface area contributed by atoms with E-state index in [4.69, 9.17) is 5.73 Å². The Hall–Kier alpha value is -1.83. The number of thiocarbonyl (C=S) groups is 1. The number of hydrogen-bond acceptors (Lipinski definition) is 2. The zero-order valence-corrected chi connectivity index (χ0v) is 9.15. The van der Waals surface area contributed by atoms with Gasteiger partial charge in [0.15, 0.2) is 5.11 Å². The maximum absolute atomic E-state index is 12.3. The zero-order chi connectivity index (χ0) is 13.1. The molecule has 0 aliphatic rings. The van der Waals surface area contributed by atoms with E-state index in [9.17, 15) is 18.0 Å². The topological polar surface area (TPSA) is 67.1 Å². The van der Waals surface area contributed by atoms with Gasteiger partial charge in [-0.3, -0.25) is 5.32 Å². The summed E-state index contributed by atoms with van der Waals surface area (Å²) in [5.41, 5.74) is 4.16. The molecule has 0 bridgehead atoms. The van der Waals surface area contributed by atoms with E-state index in [1.165, 1.54) is 12.1 Å². The highest BCUT2D eigenvalue weighted by atomic mass is 32.1. The van der Waals surface area contributed by atoms with Crippen molar-refractivity contribution < 1.29 is 18.0 Å². The third-order valence-corrected chi connectivity index (χ3v) is 1.79. The lowest BCUT2D eigenvalue weighted by molar-refractivity contribution is -0.137. The van der Waals surface area contributed by atoms with Crippen molar-refractivity contribution in [3.8, 4) is 0 Å². The van der Waals surface area contributed by atoms with Crippen LogP contribution in [-0.2, 0) is 6.18 Å². The van der Waals surface area contributed by atoms with Crippen molar-refractivity contribution in [1.82, 2.24) is 5.32 Å². The van der Waals surface area contributed by atoms with E-state index >= 15 is 0 Å². The number of anilines is 1. The quantitative estimate of drug-likeness (QED) is 0.679. The summed E-state index contributed by atoms with van der Waals surface area (Å²) in [5, 5.41) is 3.93. The van der Waals surface area contributed by atoms with Crippen LogP contribution in [0.4, 0.5) is 23.7 Å². The molecule has 17 heavy (non-hydrogen) atoms. The molecular weight excluding hydrogens is 255 g/mol. The van der Waals surface area contributed by atoms with Crippen molar-refractivity contribution in [3.05, 3.63) is 29.8 Å². The third-order valence-electron chi connectivity index (χ3n) is 1.68. The number of urea groups is 1. The molecule has 0 unspecified atom stereocenters. The summed E-state index contributed by atoms with van der Waals surface area (Å²) >= 11 is 4.40. The molecule has 0 aliphatic heterocycles. The van der Waals surface area contributed by atoms with Crippen molar-refractivity contribution in [2.45, 2.75) is 6.18 Å². The summed E-state index contributed by atoms with van der Waals surface area (Å²) in [4.78, 5) is 11.1. The smallest absolute Gasteiger partial charge is 0.376 e. The molecule has 0 spiro atoms. The lowest BCUT2D eigenvalue weighted by atomic mass is 10.2. The molecule has 0 aliphatic carbocycles. The SMILES string of the molecule is NC(=S)NC(=O)Nc1cccc(C(F)(F)F)c1. The average Bonchev–Trinajstić information content (AvgIpc) is 2.15. The van der Waals surface area contributed by atoms with Gasteiger partial charge in [-0.15, -0.1) is 0 Å². The summed E-state index contributed by atoms with van der Waals surface area (Å²) in [7, 11) is 0. The first-order valence-corrected chi connectivity index (χ1v) is 4.74. The summed E-state index contributed by atoms with van der Waals surface area (Å²) in [6.07, 6.45) is -4.46. The van der Waals surface area contributed by atoms with Gasteiger partial charge in [-0.05, 0) is 30.4 Å². The minimum absolute atomic E-state index is 0.00595. The molecule has 2 amide bonds. The van der Waals surface area contributed by atoms with Gasteiger partial charge in [0.05, 0.1) is 5.56 Å². The Labute approximate surface area is 100.0 Å². The van der Waals surface area contributed by atoms with Crippen molar-refractivity contribution in [3.63, 3.8) is 0 Å². The predicted octanol–water partition coefficient (Wildman–Crippen LogP) is 2.07. The first kappa shape index (κ1) is 13.2. The predicted molar refractivity (Wildman–Crippen MR) is 60.4 cm³/mol. The van der Waals surface area contributed by atoms with Crippen molar-refractivity contribution in [2.24, 2.45) is 5.73 Å². The van der Waals surface area contributed by atoms with E-state index in [0.717, 1.165) is 12.1 Å². The van der Waals surface area contributed by atoms with Crippen LogP contribution in [0.15, 0.2) is 24.3 Å². The van der Waals surface area contributed by atoms with Crippen LogP contribution in [0.25, 0.3) is 0 Å². The fourth-order valence-corrected chi connectivity index (χ4v) is 1.14. The Kier molecular flexibility index (Phi) is 3.89. The molecule has 1 aromatic carbocycles. The second kappa shape index (κ2) is 5.00. The average molecular weight is 263 g/mol. The largest absolute Gasteiger partial charge is 0.416 e. The van der Waals surface area contributed by atoms with Crippen molar-refractivity contribution in [2.75, 3.05) is 5.32 Å². The lowest BCUT2D eigenvalue weighted by Crippen LogP contribution is -2.37. The van der Waals surface area contributed by atoms with Gasteiger partial charge in [0.2, 0.25) is 0 Å². The van der Waals surface area contributed by atoms with E-state index < -0.39 is 17.8 Å². The Morgan fingerprint density at radius 1 is 1.35 bits per heavy atom. The zero-order valence-electron chi connectivity index (χ0n) is 8.34. The molecule has 0 heterocycles. The number of amides is 2. The monoisotopic (exact) mass is 263 g/mol. The number of halogens is 3. The molecule has 4 nitrogen and oxygen atoms in total.